The van der Waals surface area contributed by atoms with Gasteiger partial charge in [0, 0.05) is 24.8 Å². The van der Waals surface area contributed by atoms with Crippen molar-refractivity contribution in [3.8, 4) is 11.5 Å². The second kappa shape index (κ2) is 4.98. The van der Waals surface area contributed by atoms with Crippen LogP contribution in [-0.2, 0) is 0 Å². The Bertz CT molecular complexity index is 583. The summed E-state index contributed by atoms with van der Waals surface area (Å²) in [5.74, 6) is 2.66. The molecule has 0 spiro atoms. The number of fused-ring (bicyclic) bond motifs is 2. The van der Waals surface area contributed by atoms with Gasteiger partial charge in [-0.3, -0.25) is 0 Å². The van der Waals surface area contributed by atoms with Crippen LogP contribution in [-0.4, -0.2) is 30.8 Å². The van der Waals surface area contributed by atoms with Crippen molar-refractivity contribution in [3.63, 3.8) is 0 Å². The third kappa shape index (κ3) is 2.33. The highest BCUT2D eigenvalue weighted by molar-refractivity contribution is 5.90. The highest BCUT2D eigenvalue weighted by atomic mass is 16.7. The molecule has 1 aromatic rings. The highest BCUT2D eigenvalue weighted by Crippen LogP contribution is 2.35. The molecule has 3 aliphatic rings. The molecule has 2 unspecified atom stereocenters. The smallest absolute Gasteiger partial charge is 0.321 e. The number of amides is 2. The molecule has 0 saturated carbocycles. The van der Waals surface area contributed by atoms with Gasteiger partial charge in [0.25, 0.3) is 0 Å². The molecule has 0 bridgehead atoms. The van der Waals surface area contributed by atoms with Crippen molar-refractivity contribution in [2.45, 2.75) is 12.8 Å². The number of benzene rings is 1. The molecule has 0 radical (unpaired) electrons. The third-order valence-electron chi connectivity index (χ3n) is 4.53. The number of hydrogen-bond donors (Lipinski definition) is 1. The van der Waals surface area contributed by atoms with E-state index in [1.54, 1.807) is 0 Å². The number of carbonyl (C=O) groups excluding carboxylic acids is 1. The number of allylic oxidation sites excluding steroid dienone is 2. The number of ether oxygens (including phenoxy) is 2. The Morgan fingerprint density at radius 3 is 2.57 bits per heavy atom. The van der Waals surface area contributed by atoms with Crippen molar-refractivity contribution < 1.29 is 14.3 Å². The zero-order chi connectivity index (χ0) is 14.2. The van der Waals surface area contributed by atoms with Crippen LogP contribution in [0.3, 0.4) is 0 Å². The predicted molar refractivity (Wildman–Crippen MR) is 78.5 cm³/mol. The Morgan fingerprint density at radius 1 is 1.10 bits per heavy atom. The van der Waals surface area contributed by atoms with Crippen LogP contribution >= 0.6 is 0 Å². The van der Waals surface area contributed by atoms with Crippen LogP contribution < -0.4 is 14.8 Å². The lowest BCUT2D eigenvalue weighted by Crippen LogP contribution is -2.33. The maximum Gasteiger partial charge on any atom is 0.321 e. The van der Waals surface area contributed by atoms with Crippen LogP contribution in [0.2, 0.25) is 0 Å². The van der Waals surface area contributed by atoms with Gasteiger partial charge in [-0.25, -0.2) is 4.79 Å². The number of rotatable bonds is 1. The monoisotopic (exact) mass is 286 g/mol. The molecule has 2 amide bonds. The minimum Gasteiger partial charge on any atom is -0.454 e. The zero-order valence-electron chi connectivity index (χ0n) is 11.7. The summed E-state index contributed by atoms with van der Waals surface area (Å²) in [5, 5.41) is 2.95. The number of urea groups is 1. The summed E-state index contributed by atoms with van der Waals surface area (Å²) in [4.78, 5) is 14.3. The summed E-state index contributed by atoms with van der Waals surface area (Å²) in [7, 11) is 0. The van der Waals surface area contributed by atoms with Crippen LogP contribution in [0.4, 0.5) is 10.5 Å². The van der Waals surface area contributed by atoms with Crippen molar-refractivity contribution in [2.24, 2.45) is 11.8 Å². The molecular weight excluding hydrogens is 268 g/mol. The fraction of sp³-hybridized carbons (Fsp3) is 0.438. The first kappa shape index (κ1) is 12.6. The van der Waals surface area contributed by atoms with Gasteiger partial charge in [0.2, 0.25) is 6.79 Å². The van der Waals surface area contributed by atoms with Gasteiger partial charge in [-0.2, -0.15) is 0 Å². The van der Waals surface area contributed by atoms with E-state index in [4.69, 9.17) is 9.47 Å². The first-order valence-corrected chi connectivity index (χ1v) is 7.40. The fourth-order valence-electron chi connectivity index (χ4n) is 3.36. The molecular formula is C16H18N2O3. The van der Waals surface area contributed by atoms with Gasteiger partial charge < -0.3 is 19.7 Å². The molecule has 21 heavy (non-hydrogen) atoms. The highest BCUT2D eigenvalue weighted by Gasteiger charge is 2.35. The summed E-state index contributed by atoms with van der Waals surface area (Å²) in [6, 6.07) is 5.45. The van der Waals surface area contributed by atoms with Crippen molar-refractivity contribution >= 4 is 11.7 Å². The first-order valence-electron chi connectivity index (χ1n) is 7.40. The third-order valence-corrected chi connectivity index (χ3v) is 4.53. The molecule has 5 heteroatoms. The van der Waals surface area contributed by atoms with Gasteiger partial charge in [0.05, 0.1) is 0 Å². The molecule has 1 fully saturated rings. The summed E-state index contributed by atoms with van der Waals surface area (Å²) >= 11 is 0. The Morgan fingerprint density at radius 2 is 1.81 bits per heavy atom. The molecule has 1 aromatic carbocycles. The van der Waals surface area contributed by atoms with E-state index in [9.17, 15) is 4.79 Å². The molecule has 5 nitrogen and oxygen atoms in total. The van der Waals surface area contributed by atoms with Crippen LogP contribution in [0.15, 0.2) is 30.4 Å². The predicted octanol–water partition coefficient (Wildman–Crippen LogP) is 2.85. The Hall–Kier alpha value is -2.17. The number of likely N-dealkylation sites (tertiary alicyclic amines) is 1. The van der Waals surface area contributed by atoms with Gasteiger partial charge in [-0.05, 0) is 36.8 Å². The molecule has 2 atom stereocenters. The van der Waals surface area contributed by atoms with Crippen molar-refractivity contribution in [3.05, 3.63) is 30.4 Å². The topological polar surface area (TPSA) is 50.8 Å². The molecule has 2 heterocycles. The largest absolute Gasteiger partial charge is 0.454 e. The quantitative estimate of drug-likeness (QED) is 0.808. The first-order chi connectivity index (χ1) is 10.3. The van der Waals surface area contributed by atoms with Crippen molar-refractivity contribution in [2.75, 3.05) is 25.2 Å². The van der Waals surface area contributed by atoms with E-state index in [0.29, 0.717) is 17.6 Å². The molecule has 2 aliphatic heterocycles. The lowest BCUT2D eigenvalue weighted by atomic mass is 9.86. The Labute approximate surface area is 123 Å². The zero-order valence-corrected chi connectivity index (χ0v) is 11.7. The fourth-order valence-corrected chi connectivity index (χ4v) is 3.36. The van der Waals surface area contributed by atoms with E-state index in [2.05, 4.69) is 17.5 Å². The normalized spacial score (nSPS) is 25.8. The average Bonchev–Trinajstić information content (AvgIpc) is 3.13. The molecule has 1 N–H and O–H groups in total. The van der Waals surface area contributed by atoms with E-state index < -0.39 is 0 Å². The number of carbonyl (C=O) groups is 1. The van der Waals surface area contributed by atoms with Crippen LogP contribution in [0, 0.1) is 11.8 Å². The Balaban J connectivity index is 1.42. The summed E-state index contributed by atoms with van der Waals surface area (Å²) < 4.78 is 10.6. The number of nitrogens with zero attached hydrogens (tertiary/aromatic N) is 1. The lowest BCUT2D eigenvalue weighted by molar-refractivity contribution is 0.174. The average molecular weight is 286 g/mol. The number of nitrogens with one attached hydrogen (secondary N) is 1. The number of hydrogen-bond acceptors (Lipinski definition) is 3. The van der Waals surface area contributed by atoms with Gasteiger partial charge in [-0.1, -0.05) is 12.2 Å². The molecule has 1 aliphatic carbocycles. The summed E-state index contributed by atoms with van der Waals surface area (Å²) in [5.41, 5.74) is 0.747. The van der Waals surface area contributed by atoms with E-state index in [1.165, 1.54) is 0 Å². The van der Waals surface area contributed by atoms with E-state index in [-0.39, 0.29) is 12.8 Å². The van der Waals surface area contributed by atoms with Crippen LogP contribution in [0.1, 0.15) is 12.8 Å². The maximum atomic E-state index is 12.4. The van der Waals surface area contributed by atoms with Gasteiger partial charge >= 0.3 is 6.03 Å². The van der Waals surface area contributed by atoms with Gasteiger partial charge in [0.15, 0.2) is 11.5 Å². The second-order valence-corrected chi connectivity index (χ2v) is 5.87. The lowest BCUT2D eigenvalue weighted by Gasteiger charge is -2.17. The number of anilines is 1. The molecule has 4 rings (SSSR count). The molecule has 110 valence electrons. The van der Waals surface area contributed by atoms with Crippen LogP contribution in [0.5, 0.6) is 11.5 Å². The summed E-state index contributed by atoms with van der Waals surface area (Å²) in [6.45, 7) is 1.95. The van der Waals surface area contributed by atoms with Gasteiger partial charge in [0.1, 0.15) is 0 Å². The van der Waals surface area contributed by atoms with Crippen molar-refractivity contribution in [1.82, 2.24) is 4.90 Å². The van der Waals surface area contributed by atoms with E-state index in [1.807, 2.05) is 23.1 Å². The summed E-state index contributed by atoms with van der Waals surface area (Å²) in [6.07, 6.45) is 6.66. The van der Waals surface area contributed by atoms with Gasteiger partial charge in [-0.15, -0.1) is 0 Å². The Kier molecular flexibility index (Phi) is 2.98. The standard InChI is InChI=1S/C16H18N2O3/c19-16(18-8-11-3-1-2-4-12(11)9-18)17-13-5-6-14-15(7-13)21-10-20-14/h1-2,5-7,11-12H,3-4,8-10H2,(H,17,19). The second-order valence-electron chi connectivity index (χ2n) is 5.87. The minimum absolute atomic E-state index is 0.0248. The van der Waals surface area contributed by atoms with E-state index in [0.717, 1.165) is 37.4 Å². The van der Waals surface area contributed by atoms with Crippen molar-refractivity contribution in [1.29, 1.82) is 0 Å². The SMILES string of the molecule is O=C(Nc1ccc2c(c1)OCO2)N1CC2CC=CCC2C1. The van der Waals surface area contributed by atoms with E-state index >= 15 is 0 Å². The molecule has 1 saturated heterocycles. The molecule has 0 aromatic heterocycles. The maximum absolute atomic E-state index is 12.4. The van der Waals surface area contributed by atoms with Crippen LogP contribution in [0.25, 0.3) is 0 Å². The minimum atomic E-state index is -0.0248.